The molecule has 1 aliphatic heterocycles. The number of hydrogen-bond donors (Lipinski definition) is 2. The lowest BCUT2D eigenvalue weighted by Crippen LogP contribution is -2.31. The highest BCUT2D eigenvalue weighted by atomic mass is 32.2. The van der Waals surface area contributed by atoms with E-state index in [1.54, 1.807) is 48.1 Å². The average molecular weight is 485 g/mol. The van der Waals surface area contributed by atoms with Gasteiger partial charge in [0.2, 0.25) is 11.1 Å². The molecule has 8 nitrogen and oxygen atoms in total. The summed E-state index contributed by atoms with van der Waals surface area (Å²) in [7, 11) is 1.62. The lowest BCUT2D eigenvalue weighted by molar-refractivity contribution is -0.113. The van der Waals surface area contributed by atoms with Crippen LogP contribution in [0.25, 0.3) is 0 Å². The van der Waals surface area contributed by atoms with Crippen molar-refractivity contribution in [3.05, 3.63) is 102 Å². The van der Waals surface area contributed by atoms with Crippen molar-refractivity contribution < 1.29 is 9.53 Å². The Bertz CT molecular complexity index is 1370. The standard InChI is InChI=1S/C26H24N6O2S/c1-17-22(24(33)29-20-11-7-13-27-15-20)23(19-10-6-12-21(14-19)34-2)32-25(28-17)30-26(31-32)35-16-18-8-4-3-5-9-18/h3-15,23H,16H2,1-2H3,(H,29,33)(H,28,30,31). The molecule has 0 fully saturated rings. The maximum atomic E-state index is 13.5. The second kappa shape index (κ2) is 10.0. The Morgan fingerprint density at radius 1 is 1.14 bits per heavy atom. The number of methoxy groups -OCH3 is 1. The molecular weight excluding hydrogens is 460 g/mol. The van der Waals surface area contributed by atoms with Gasteiger partial charge in [0, 0.05) is 17.6 Å². The molecule has 0 saturated heterocycles. The van der Waals surface area contributed by atoms with E-state index >= 15 is 0 Å². The van der Waals surface area contributed by atoms with Crippen LogP contribution in [0.4, 0.5) is 11.6 Å². The van der Waals surface area contributed by atoms with Crippen LogP contribution < -0.4 is 15.4 Å². The first-order chi connectivity index (χ1) is 17.1. The zero-order valence-electron chi connectivity index (χ0n) is 19.3. The highest BCUT2D eigenvalue weighted by Crippen LogP contribution is 2.38. The van der Waals surface area contributed by atoms with Gasteiger partial charge in [-0.3, -0.25) is 9.78 Å². The Kier molecular flexibility index (Phi) is 6.49. The molecule has 35 heavy (non-hydrogen) atoms. The van der Waals surface area contributed by atoms with Crippen molar-refractivity contribution in [2.24, 2.45) is 0 Å². The molecular formula is C26H24N6O2S. The van der Waals surface area contributed by atoms with Crippen molar-refractivity contribution in [3.63, 3.8) is 0 Å². The van der Waals surface area contributed by atoms with Crippen LogP contribution >= 0.6 is 11.8 Å². The number of pyridine rings is 1. The minimum atomic E-state index is -0.489. The molecule has 0 aliphatic carbocycles. The van der Waals surface area contributed by atoms with Gasteiger partial charge >= 0.3 is 0 Å². The molecule has 5 rings (SSSR count). The SMILES string of the molecule is COc1cccc(C2C(C(=O)Nc3cccnc3)=C(C)Nc3nc(SCc4ccccc4)nn32)c1. The zero-order chi connectivity index (χ0) is 24.2. The molecule has 9 heteroatoms. The fourth-order valence-corrected chi connectivity index (χ4v) is 4.75. The Morgan fingerprint density at radius 2 is 2.00 bits per heavy atom. The number of carbonyl (C=O) groups is 1. The Labute approximate surface area is 207 Å². The number of anilines is 2. The third-order valence-corrected chi connectivity index (χ3v) is 6.53. The van der Waals surface area contributed by atoms with Crippen molar-refractivity contribution >= 4 is 29.3 Å². The number of nitrogens with zero attached hydrogens (tertiary/aromatic N) is 4. The smallest absolute Gasteiger partial charge is 0.255 e. The molecule has 1 amide bonds. The molecule has 1 atom stereocenters. The van der Waals surface area contributed by atoms with Gasteiger partial charge in [-0.25, -0.2) is 4.68 Å². The molecule has 4 aromatic rings. The van der Waals surface area contributed by atoms with E-state index in [0.29, 0.717) is 33.8 Å². The number of thioether (sulfide) groups is 1. The first-order valence-electron chi connectivity index (χ1n) is 11.1. The molecule has 1 aliphatic rings. The first-order valence-corrected chi connectivity index (χ1v) is 12.1. The fraction of sp³-hybridized carbons (Fsp3) is 0.154. The van der Waals surface area contributed by atoms with Crippen molar-refractivity contribution in [3.8, 4) is 5.75 Å². The number of hydrogen-bond acceptors (Lipinski definition) is 7. The number of fused-ring (bicyclic) bond motifs is 1. The van der Waals surface area contributed by atoms with E-state index in [1.807, 2.05) is 49.4 Å². The summed E-state index contributed by atoms with van der Waals surface area (Å²) in [6, 6.07) is 20.9. The second-order valence-corrected chi connectivity index (χ2v) is 8.92. The van der Waals surface area contributed by atoms with E-state index in [9.17, 15) is 4.79 Å². The quantitative estimate of drug-likeness (QED) is 0.360. The van der Waals surface area contributed by atoms with Crippen molar-refractivity contribution in [2.75, 3.05) is 17.7 Å². The maximum Gasteiger partial charge on any atom is 0.255 e. The number of amides is 1. The van der Waals surface area contributed by atoms with Crippen LogP contribution in [0, 0.1) is 0 Å². The number of benzene rings is 2. The summed E-state index contributed by atoms with van der Waals surface area (Å²) in [5.41, 5.74) is 3.92. The molecule has 0 saturated carbocycles. The summed E-state index contributed by atoms with van der Waals surface area (Å²) >= 11 is 1.55. The molecule has 2 aromatic carbocycles. The van der Waals surface area contributed by atoms with E-state index in [4.69, 9.17) is 14.8 Å². The number of allylic oxidation sites excluding steroid dienone is 1. The summed E-state index contributed by atoms with van der Waals surface area (Å²) in [6.07, 6.45) is 3.28. The molecule has 2 aromatic heterocycles. The number of aromatic nitrogens is 4. The number of nitrogens with one attached hydrogen (secondary N) is 2. The summed E-state index contributed by atoms with van der Waals surface area (Å²) in [6.45, 7) is 1.88. The molecule has 0 radical (unpaired) electrons. The first kappa shape index (κ1) is 22.7. The van der Waals surface area contributed by atoms with Gasteiger partial charge in [0.25, 0.3) is 5.91 Å². The summed E-state index contributed by atoms with van der Waals surface area (Å²) in [5.74, 6) is 1.79. The number of ether oxygens (including phenoxy) is 1. The zero-order valence-corrected chi connectivity index (χ0v) is 20.1. The average Bonchev–Trinajstić information content (AvgIpc) is 3.30. The van der Waals surface area contributed by atoms with E-state index in [2.05, 4.69) is 27.8 Å². The second-order valence-electron chi connectivity index (χ2n) is 7.98. The van der Waals surface area contributed by atoms with Crippen LogP contribution in [0.15, 0.2) is 95.6 Å². The van der Waals surface area contributed by atoms with Crippen LogP contribution in [-0.4, -0.2) is 32.8 Å². The van der Waals surface area contributed by atoms with Crippen molar-refractivity contribution in [1.82, 2.24) is 19.7 Å². The normalized spacial score (nSPS) is 14.7. The van der Waals surface area contributed by atoms with E-state index < -0.39 is 6.04 Å². The van der Waals surface area contributed by atoms with Crippen LogP contribution in [0.3, 0.4) is 0 Å². The van der Waals surface area contributed by atoms with Crippen LogP contribution in [0.5, 0.6) is 5.75 Å². The topological polar surface area (TPSA) is 94.0 Å². The number of rotatable bonds is 7. The molecule has 0 bridgehead atoms. The van der Waals surface area contributed by atoms with E-state index in [-0.39, 0.29) is 5.91 Å². The number of carbonyl (C=O) groups excluding carboxylic acids is 1. The maximum absolute atomic E-state index is 13.5. The molecule has 2 N–H and O–H groups in total. The Hall–Kier alpha value is -4.11. The predicted octanol–water partition coefficient (Wildman–Crippen LogP) is 4.90. The Balaban J connectivity index is 1.51. The van der Waals surface area contributed by atoms with Gasteiger partial charge in [-0.2, -0.15) is 4.98 Å². The van der Waals surface area contributed by atoms with Gasteiger partial charge in [0.05, 0.1) is 24.6 Å². The van der Waals surface area contributed by atoms with Crippen molar-refractivity contribution in [2.45, 2.75) is 23.9 Å². The third kappa shape index (κ3) is 4.90. The van der Waals surface area contributed by atoms with Crippen LogP contribution in [0.1, 0.15) is 24.1 Å². The minimum absolute atomic E-state index is 0.240. The monoisotopic (exact) mass is 484 g/mol. The van der Waals surface area contributed by atoms with E-state index in [1.165, 1.54) is 5.56 Å². The molecule has 0 spiro atoms. The van der Waals surface area contributed by atoms with Crippen molar-refractivity contribution in [1.29, 1.82) is 0 Å². The lowest BCUT2D eigenvalue weighted by Gasteiger charge is -2.28. The lowest BCUT2D eigenvalue weighted by atomic mass is 9.95. The molecule has 176 valence electrons. The Morgan fingerprint density at radius 3 is 2.77 bits per heavy atom. The van der Waals surface area contributed by atoms with Gasteiger partial charge in [-0.05, 0) is 42.3 Å². The summed E-state index contributed by atoms with van der Waals surface area (Å²) in [4.78, 5) is 22.3. The predicted molar refractivity (Wildman–Crippen MR) is 136 cm³/mol. The largest absolute Gasteiger partial charge is 0.497 e. The fourth-order valence-electron chi connectivity index (χ4n) is 3.96. The van der Waals surface area contributed by atoms with Crippen LogP contribution in [0.2, 0.25) is 0 Å². The van der Waals surface area contributed by atoms with Gasteiger partial charge < -0.3 is 15.4 Å². The van der Waals surface area contributed by atoms with Crippen LogP contribution in [-0.2, 0) is 10.5 Å². The summed E-state index contributed by atoms with van der Waals surface area (Å²) in [5, 5.41) is 11.7. The minimum Gasteiger partial charge on any atom is -0.497 e. The van der Waals surface area contributed by atoms with Gasteiger partial charge in [-0.15, -0.1) is 5.10 Å². The van der Waals surface area contributed by atoms with Gasteiger partial charge in [0.1, 0.15) is 11.8 Å². The molecule has 3 heterocycles. The highest BCUT2D eigenvalue weighted by molar-refractivity contribution is 7.98. The summed E-state index contributed by atoms with van der Waals surface area (Å²) < 4.78 is 7.23. The third-order valence-electron chi connectivity index (χ3n) is 5.62. The van der Waals surface area contributed by atoms with E-state index in [0.717, 1.165) is 11.3 Å². The highest BCUT2D eigenvalue weighted by Gasteiger charge is 2.34. The van der Waals surface area contributed by atoms with Gasteiger partial charge in [-0.1, -0.05) is 54.2 Å². The molecule has 1 unspecified atom stereocenters. The van der Waals surface area contributed by atoms with Gasteiger partial charge in [0.15, 0.2) is 0 Å².